The van der Waals surface area contributed by atoms with Crippen molar-refractivity contribution >= 4 is 29.2 Å². The lowest BCUT2D eigenvalue weighted by Gasteiger charge is -2.18. The standard InChI is InChI=1S/C23H29FN4O2.C2H6/c1-6-28(7-2)9-8-25-23(30)21-14(4)19(26-15(21)5)12-17-16-11-18(24)13(3)10-20(16)27-22(17)29;1-2/h10-12,26H,6-9H2,1-5H3,(H,25,30)(H,27,29);1-2H3/b17-12-;. The van der Waals surface area contributed by atoms with Gasteiger partial charge in [-0.25, -0.2) is 4.39 Å². The summed E-state index contributed by atoms with van der Waals surface area (Å²) in [4.78, 5) is 30.6. The van der Waals surface area contributed by atoms with Crippen molar-refractivity contribution in [1.82, 2.24) is 15.2 Å². The smallest absolute Gasteiger partial charge is 0.256 e. The van der Waals surface area contributed by atoms with Crippen LogP contribution in [0.3, 0.4) is 0 Å². The molecule has 0 aliphatic carbocycles. The van der Waals surface area contributed by atoms with Gasteiger partial charge in [0.05, 0.1) is 11.1 Å². The minimum absolute atomic E-state index is 0.143. The second kappa shape index (κ2) is 11.1. The van der Waals surface area contributed by atoms with Gasteiger partial charge in [0.1, 0.15) is 5.82 Å². The highest BCUT2D eigenvalue weighted by Crippen LogP contribution is 2.35. The third-order valence-corrected chi connectivity index (χ3v) is 5.68. The fourth-order valence-corrected chi connectivity index (χ4v) is 3.82. The number of hydrogen-bond acceptors (Lipinski definition) is 3. The molecule has 0 saturated heterocycles. The predicted octanol–water partition coefficient (Wildman–Crippen LogP) is 4.67. The van der Waals surface area contributed by atoms with Gasteiger partial charge in [-0.05, 0) is 63.2 Å². The second-order valence-corrected chi connectivity index (χ2v) is 7.61. The van der Waals surface area contributed by atoms with Crippen molar-refractivity contribution in [2.45, 2.75) is 48.5 Å². The first-order chi connectivity index (χ1) is 15.3. The van der Waals surface area contributed by atoms with Gasteiger partial charge in [-0.1, -0.05) is 27.7 Å². The van der Waals surface area contributed by atoms with E-state index in [0.29, 0.717) is 40.2 Å². The van der Waals surface area contributed by atoms with Crippen molar-refractivity contribution in [3.63, 3.8) is 0 Å². The monoisotopic (exact) mass is 442 g/mol. The molecule has 0 unspecified atom stereocenters. The third kappa shape index (κ3) is 5.27. The number of H-pyrrole nitrogens is 1. The van der Waals surface area contributed by atoms with Crippen LogP contribution in [0.4, 0.5) is 10.1 Å². The van der Waals surface area contributed by atoms with Gasteiger partial charge >= 0.3 is 0 Å². The van der Waals surface area contributed by atoms with E-state index in [1.165, 1.54) is 6.07 Å². The maximum absolute atomic E-state index is 14.1. The largest absolute Gasteiger partial charge is 0.358 e. The van der Waals surface area contributed by atoms with E-state index < -0.39 is 0 Å². The Balaban J connectivity index is 0.00000176. The molecular weight excluding hydrogens is 407 g/mol. The SMILES string of the molecule is CC.CCN(CC)CCNC(=O)c1c(C)[nH]c(/C=C2\C(=O)Nc3cc(C)c(F)cc32)c1C. The fourth-order valence-electron chi connectivity index (χ4n) is 3.82. The molecule has 2 amide bonds. The number of nitrogens with zero attached hydrogens (tertiary/aromatic N) is 1. The van der Waals surface area contributed by atoms with E-state index in [0.717, 1.165) is 30.9 Å². The predicted molar refractivity (Wildman–Crippen MR) is 129 cm³/mol. The van der Waals surface area contributed by atoms with Gasteiger partial charge in [0.15, 0.2) is 0 Å². The van der Waals surface area contributed by atoms with E-state index in [-0.39, 0.29) is 17.6 Å². The van der Waals surface area contributed by atoms with Crippen molar-refractivity contribution in [1.29, 1.82) is 0 Å². The summed E-state index contributed by atoms with van der Waals surface area (Å²) in [5, 5.41) is 5.75. The number of aromatic amines is 1. The van der Waals surface area contributed by atoms with E-state index in [9.17, 15) is 14.0 Å². The lowest BCUT2D eigenvalue weighted by molar-refractivity contribution is -0.110. The van der Waals surface area contributed by atoms with Crippen LogP contribution in [0.2, 0.25) is 0 Å². The molecule has 0 atom stereocenters. The van der Waals surface area contributed by atoms with Gasteiger partial charge in [0.2, 0.25) is 0 Å². The maximum Gasteiger partial charge on any atom is 0.256 e. The van der Waals surface area contributed by atoms with Gasteiger partial charge in [0.25, 0.3) is 11.8 Å². The Morgan fingerprint density at radius 2 is 1.81 bits per heavy atom. The van der Waals surface area contributed by atoms with Crippen LogP contribution >= 0.6 is 0 Å². The molecule has 2 heterocycles. The fraction of sp³-hybridized carbons (Fsp3) is 0.440. The van der Waals surface area contributed by atoms with Crippen molar-refractivity contribution in [2.24, 2.45) is 0 Å². The number of anilines is 1. The van der Waals surface area contributed by atoms with Gasteiger partial charge in [-0.2, -0.15) is 0 Å². The molecule has 2 aromatic rings. The summed E-state index contributed by atoms with van der Waals surface area (Å²) in [5.41, 5.74) is 4.71. The van der Waals surface area contributed by atoms with Crippen LogP contribution in [0.15, 0.2) is 12.1 Å². The zero-order valence-corrected chi connectivity index (χ0v) is 20.2. The summed E-state index contributed by atoms with van der Waals surface area (Å²) in [6.45, 7) is 16.8. The van der Waals surface area contributed by atoms with Crippen LogP contribution in [0.5, 0.6) is 0 Å². The number of benzene rings is 1. The van der Waals surface area contributed by atoms with E-state index in [1.807, 2.05) is 27.7 Å². The maximum atomic E-state index is 14.1. The summed E-state index contributed by atoms with van der Waals surface area (Å²) in [5.74, 6) is -0.785. The lowest BCUT2D eigenvalue weighted by Crippen LogP contribution is -2.35. The van der Waals surface area contributed by atoms with Crippen LogP contribution in [0.1, 0.15) is 66.1 Å². The molecule has 1 aromatic carbocycles. The average Bonchev–Trinajstić information content (AvgIpc) is 3.22. The van der Waals surface area contributed by atoms with E-state index in [2.05, 4.69) is 34.4 Å². The van der Waals surface area contributed by atoms with Gasteiger partial charge in [-0.3, -0.25) is 9.59 Å². The number of hydrogen-bond donors (Lipinski definition) is 3. The van der Waals surface area contributed by atoms with Crippen LogP contribution < -0.4 is 10.6 Å². The molecule has 0 fully saturated rings. The lowest BCUT2D eigenvalue weighted by atomic mass is 10.0. The summed E-state index contributed by atoms with van der Waals surface area (Å²) >= 11 is 0. The molecule has 1 aliphatic heterocycles. The minimum Gasteiger partial charge on any atom is -0.358 e. The molecule has 0 spiro atoms. The summed E-state index contributed by atoms with van der Waals surface area (Å²) in [6.07, 6.45) is 1.69. The molecule has 3 N–H and O–H groups in total. The highest BCUT2D eigenvalue weighted by Gasteiger charge is 2.26. The zero-order chi connectivity index (χ0) is 24.0. The van der Waals surface area contributed by atoms with Crippen LogP contribution in [-0.4, -0.2) is 47.9 Å². The molecule has 3 rings (SSSR count). The van der Waals surface area contributed by atoms with Gasteiger partial charge < -0.3 is 20.5 Å². The van der Waals surface area contributed by atoms with E-state index in [1.54, 1.807) is 19.1 Å². The second-order valence-electron chi connectivity index (χ2n) is 7.61. The molecule has 0 saturated carbocycles. The van der Waals surface area contributed by atoms with Crippen molar-refractivity contribution < 1.29 is 14.0 Å². The Labute approximate surface area is 190 Å². The number of aryl methyl sites for hydroxylation is 2. The number of nitrogens with one attached hydrogen (secondary N) is 3. The normalized spacial score (nSPS) is 13.7. The molecule has 1 aromatic heterocycles. The Morgan fingerprint density at radius 1 is 1.16 bits per heavy atom. The molecule has 7 heteroatoms. The number of halogens is 1. The first-order valence-corrected chi connectivity index (χ1v) is 11.3. The molecule has 174 valence electrons. The third-order valence-electron chi connectivity index (χ3n) is 5.68. The molecule has 0 radical (unpaired) electrons. The summed E-state index contributed by atoms with van der Waals surface area (Å²) < 4.78 is 14.1. The van der Waals surface area contributed by atoms with Gasteiger partial charge in [-0.15, -0.1) is 0 Å². The van der Waals surface area contributed by atoms with E-state index in [4.69, 9.17) is 0 Å². The van der Waals surface area contributed by atoms with Crippen LogP contribution in [0, 0.1) is 26.6 Å². The Hall–Kier alpha value is -2.93. The molecule has 1 aliphatic rings. The molecule has 32 heavy (non-hydrogen) atoms. The Kier molecular flexibility index (Phi) is 8.78. The Bertz CT molecular complexity index is 1020. The van der Waals surface area contributed by atoms with Crippen LogP contribution in [-0.2, 0) is 4.79 Å². The number of amides is 2. The zero-order valence-electron chi connectivity index (χ0n) is 20.2. The molecular formula is C25H35FN4O2. The number of fused-ring (bicyclic) bond motifs is 1. The van der Waals surface area contributed by atoms with Crippen molar-refractivity contribution in [3.05, 3.63) is 51.6 Å². The number of aromatic nitrogens is 1. The molecule has 6 nitrogen and oxygen atoms in total. The topological polar surface area (TPSA) is 77.2 Å². The highest BCUT2D eigenvalue weighted by atomic mass is 19.1. The Morgan fingerprint density at radius 3 is 2.44 bits per heavy atom. The summed E-state index contributed by atoms with van der Waals surface area (Å²) in [6, 6.07) is 3.01. The number of carbonyl (C=O) groups excluding carboxylic acids is 2. The number of carbonyl (C=O) groups is 2. The first kappa shape index (κ1) is 25.3. The number of rotatable bonds is 7. The number of likely N-dealkylation sites (N-methyl/N-ethyl adjacent to an activating group) is 1. The summed E-state index contributed by atoms with van der Waals surface area (Å²) in [7, 11) is 0. The first-order valence-electron chi connectivity index (χ1n) is 11.3. The van der Waals surface area contributed by atoms with E-state index >= 15 is 0 Å². The highest BCUT2D eigenvalue weighted by molar-refractivity contribution is 6.35. The molecule has 0 bridgehead atoms. The van der Waals surface area contributed by atoms with Crippen LogP contribution in [0.25, 0.3) is 11.6 Å². The average molecular weight is 443 g/mol. The van der Waals surface area contributed by atoms with Crippen molar-refractivity contribution in [2.75, 3.05) is 31.5 Å². The van der Waals surface area contributed by atoms with Gasteiger partial charge in [0, 0.05) is 35.7 Å². The quantitative estimate of drug-likeness (QED) is 0.546. The van der Waals surface area contributed by atoms with Crippen molar-refractivity contribution in [3.8, 4) is 0 Å². The minimum atomic E-state index is -0.358.